The van der Waals surface area contributed by atoms with Crippen LogP contribution in [0, 0.1) is 0 Å². The molecule has 33 heavy (non-hydrogen) atoms. The lowest BCUT2D eigenvalue weighted by molar-refractivity contribution is -0.156. The molecule has 9 nitrogen and oxygen atoms in total. The van der Waals surface area contributed by atoms with Gasteiger partial charge in [-0.25, -0.2) is 0 Å². The van der Waals surface area contributed by atoms with Gasteiger partial charge in [0.05, 0.1) is 25.0 Å². The summed E-state index contributed by atoms with van der Waals surface area (Å²) in [4.78, 5) is 34.6. The van der Waals surface area contributed by atoms with Gasteiger partial charge in [0.25, 0.3) is 0 Å². The van der Waals surface area contributed by atoms with Crippen molar-refractivity contribution < 1.29 is 43.9 Å². The zero-order valence-electron chi connectivity index (χ0n) is 18.7. The van der Waals surface area contributed by atoms with E-state index >= 15 is 0 Å². The monoisotopic (exact) mass is 486 g/mol. The van der Waals surface area contributed by atoms with E-state index in [2.05, 4.69) is 0 Å². The Kier molecular flexibility index (Phi) is 10.6. The van der Waals surface area contributed by atoms with E-state index in [1.807, 2.05) is 0 Å². The van der Waals surface area contributed by atoms with Crippen LogP contribution in [0.4, 0.5) is 0 Å². The number of carboxylic acid groups (broad SMARTS) is 1. The summed E-state index contributed by atoms with van der Waals surface area (Å²) in [7, 11) is 0. The van der Waals surface area contributed by atoms with Crippen LogP contribution in [-0.2, 0) is 28.6 Å². The molecule has 3 N–H and O–H groups in total. The molecule has 2 heterocycles. The van der Waals surface area contributed by atoms with Crippen LogP contribution < -0.4 is 0 Å². The number of aliphatic carboxylic acids is 1. The fourth-order valence-electron chi connectivity index (χ4n) is 3.77. The average Bonchev–Trinajstić information content (AvgIpc) is 3.09. The van der Waals surface area contributed by atoms with E-state index in [1.165, 1.54) is 13.0 Å². The first-order valence-corrected chi connectivity index (χ1v) is 11.2. The molecule has 1 fully saturated rings. The van der Waals surface area contributed by atoms with Crippen LogP contribution in [0.5, 0.6) is 0 Å². The summed E-state index contributed by atoms with van der Waals surface area (Å²) in [6, 6.07) is 0. The Labute approximate surface area is 197 Å². The Bertz CT molecular complexity index is 817. The molecular formula is C23H31ClO9. The molecule has 0 radical (unpaired) electrons. The zero-order chi connectivity index (χ0) is 24.5. The highest BCUT2D eigenvalue weighted by molar-refractivity contribution is 6.29. The third-order valence-corrected chi connectivity index (χ3v) is 5.71. The number of rotatable bonds is 6. The summed E-state index contributed by atoms with van der Waals surface area (Å²) in [6.45, 7) is 2.66. The van der Waals surface area contributed by atoms with Crippen molar-refractivity contribution in [1.29, 1.82) is 0 Å². The number of ether oxygens (including phenoxy) is 3. The smallest absolute Gasteiger partial charge is 0.309 e. The number of esters is 2. The second kappa shape index (κ2) is 12.9. The van der Waals surface area contributed by atoms with Crippen LogP contribution in [0.3, 0.4) is 0 Å². The van der Waals surface area contributed by atoms with Crippen LogP contribution in [0.1, 0.15) is 52.4 Å². The number of fused-ring (bicyclic) bond motifs is 2. The average molecular weight is 487 g/mol. The number of halogens is 1. The quantitative estimate of drug-likeness (QED) is 0.381. The molecule has 0 aliphatic carbocycles. The van der Waals surface area contributed by atoms with Crippen LogP contribution in [0.25, 0.3) is 0 Å². The van der Waals surface area contributed by atoms with Crippen LogP contribution in [-0.4, -0.2) is 70.4 Å². The first kappa shape index (κ1) is 27.0. The normalized spacial score (nSPS) is 28.2. The van der Waals surface area contributed by atoms with E-state index in [0.717, 1.165) is 0 Å². The minimum atomic E-state index is -1.23. The van der Waals surface area contributed by atoms with E-state index in [9.17, 15) is 24.6 Å². The van der Waals surface area contributed by atoms with Crippen molar-refractivity contribution in [2.75, 3.05) is 6.61 Å². The molecule has 2 bridgehead atoms. The predicted molar refractivity (Wildman–Crippen MR) is 118 cm³/mol. The maximum absolute atomic E-state index is 12.5. The standard InChI is InChI=1S/C23H31ClO9/c1-13(9-21(28)29)8-19(27)23-20-10-17(32-23)7-6-16(24)5-3-4-15(12-31-14(2)25)18(26)11-22(30)33-20/h4-5,8,17-20,23,26-27H,3,6-7,9-12H2,1-2H3,(H,28,29). The molecule has 184 valence electrons. The molecule has 10 heteroatoms. The molecule has 0 amide bonds. The van der Waals surface area contributed by atoms with Gasteiger partial charge in [0.2, 0.25) is 0 Å². The van der Waals surface area contributed by atoms with Gasteiger partial charge in [-0.2, -0.15) is 0 Å². The van der Waals surface area contributed by atoms with Crippen molar-refractivity contribution in [2.24, 2.45) is 0 Å². The maximum atomic E-state index is 12.5. The minimum Gasteiger partial charge on any atom is -0.481 e. The second-order valence-corrected chi connectivity index (χ2v) is 8.75. The number of carbonyl (C=O) groups excluding carboxylic acids is 2. The Morgan fingerprint density at radius 3 is 2.73 bits per heavy atom. The summed E-state index contributed by atoms with van der Waals surface area (Å²) >= 11 is 6.30. The van der Waals surface area contributed by atoms with E-state index in [0.29, 0.717) is 41.9 Å². The highest BCUT2D eigenvalue weighted by Gasteiger charge is 2.41. The van der Waals surface area contributed by atoms with Gasteiger partial charge in [0, 0.05) is 18.4 Å². The fourth-order valence-corrected chi connectivity index (χ4v) is 3.96. The van der Waals surface area contributed by atoms with Crippen LogP contribution in [0.2, 0.25) is 0 Å². The molecule has 2 rings (SSSR count). The Morgan fingerprint density at radius 1 is 1.33 bits per heavy atom. The molecule has 0 aromatic rings. The number of carbonyl (C=O) groups is 3. The van der Waals surface area contributed by atoms with Gasteiger partial charge in [-0.3, -0.25) is 14.4 Å². The van der Waals surface area contributed by atoms with Crippen molar-refractivity contribution in [3.8, 4) is 0 Å². The highest BCUT2D eigenvalue weighted by Crippen LogP contribution is 2.31. The molecule has 5 unspecified atom stereocenters. The fraction of sp³-hybridized carbons (Fsp3) is 0.609. The predicted octanol–water partition coefficient (Wildman–Crippen LogP) is 2.38. The molecule has 0 saturated carbocycles. The van der Waals surface area contributed by atoms with Gasteiger partial charge in [-0.05, 0) is 31.8 Å². The first-order chi connectivity index (χ1) is 15.5. The van der Waals surface area contributed by atoms with Crippen molar-refractivity contribution in [3.05, 3.63) is 34.4 Å². The van der Waals surface area contributed by atoms with E-state index in [-0.39, 0.29) is 25.6 Å². The largest absolute Gasteiger partial charge is 0.481 e. The SMILES string of the molecule is CC(=O)OCC1=CCC=C(Cl)CCC2CC(OC(=O)CC1O)C(C(O)C=C(C)CC(=O)O)O2. The van der Waals surface area contributed by atoms with Crippen molar-refractivity contribution in [3.63, 3.8) is 0 Å². The van der Waals surface area contributed by atoms with E-state index in [4.69, 9.17) is 30.9 Å². The number of allylic oxidation sites excluding steroid dienone is 3. The highest BCUT2D eigenvalue weighted by atomic mass is 35.5. The molecule has 2 aliphatic heterocycles. The van der Waals surface area contributed by atoms with Gasteiger partial charge in [-0.15, -0.1) is 0 Å². The summed E-state index contributed by atoms with van der Waals surface area (Å²) in [6.07, 6.45) is 1.54. The number of hydrogen-bond donors (Lipinski definition) is 3. The second-order valence-electron chi connectivity index (χ2n) is 8.27. The Balaban J connectivity index is 2.21. The zero-order valence-corrected chi connectivity index (χ0v) is 19.5. The van der Waals surface area contributed by atoms with Gasteiger partial charge in [0.15, 0.2) is 0 Å². The van der Waals surface area contributed by atoms with Gasteiger partial charge in [-0.1, -0.05) is 35.4 Å². The lowest BCUT2D eigenvalue weighted by Gasteiger charge is -2.23. The molecule has 0 spiro atoms. The van der Waals surface area contributed by atoms with Crippen LogP contribution in [0.15, 0.2) is 34.4 Å². The lowest BCUT2D eigenvalue weighted by atomic mass is 10.0. The Hall–Kier alpha value is -2.20. The minimum absolute atomic E-state index is 0.168. The molecule has 5 atom stereocenters. The number of aliphatic hydroxyl groups excluding tert-OH is 2. The third-order valence-electron chi connectivity index (χ3n) is 5.37. The molecule has 0 aromatic carbocycles. The van der Waals surface area contributed by atoms with Crippen molar-refractivity contribution >= 4 is 29.5 Å². The third kappa shape index (κ3) is 9.29. The van der Waals surface area contributed by atoms with Crippen molar-refractivity contribution in [2.45, 2.75) is 82.9 Å². The summed E-state index contributed by atoms with van der Waals surface area (Å²) in [5.74, 6) is -2.24. The molecule has 2 aliphatic rings. The van der Waals surface area contributed by atoms with Gasteiger partial charge in [0.1, 0.15) is 24.9 Å². The molecule has 1 saturated heterocycles. The maximum Gasteiger partial charge on any atom is 0.309 e. The number of carboxylic acids is 1. The van der Waals surface area contributed by atoms with Gasteiger partial charge >= 0.3 is 17.9 Å². The topological polar surface area (TPSA) is 140 Å². The summed E-state index contributed by atoms with van der Waals surface area (Å²) in [5, 5.41) is 30.7. The molecule has 0 aromatic heterocycles. The summed E-state index contributed by atoms with van der Waals surface area (Å²) in [5.41, 5.74) is 0.795. The summed E-state index contributed by atoms with van der Waals surface area (Å²) < 4.78 is 16.5. The van der Waals surface area contributed by atoms with Crippen molar-refractivity contribution in [1.82, 2.24) is 0 Å². The van der Waals surface area contributed by atoms with Crippen LogP contribution >= 0.6 is 11.6 Å². The van der Waals surface area contributed by atoms with E-state index < -0.39 is 42.3 Å². The lowest BCUT2D eigenvalue weighted by Crippen LogP contribution is -2.37. The van der Waals surface area contributed by atoms with E-state index in [1.54, 1.807) is 19.1 Å². The first-order valence-electron chi connectivity index (χ1n) is 10.8. The van der Waals surface area contributed by atoms with Gasteiger partial charge < -0.3 is 29.5 Å². The molecular weight excluding hydrogens is 456 g/mol. The Morgan fingerprint density at radius 2 is 2.06 bits per heavy atom. The number of hydrogen-bond acceptors (Lipinski definition) is 8. The number of aliphatic hydroxyl groups is 2.